The van der Waals surface area contributed by atoms with Gasteiger partial charge in [0.25, 0.3) is 0 Å². The highest BCUT2D eigenvalue weighted by atomic mass is 35.5. The standard InChI is InChI=1S/C23H29ClN4O3P2/c1-30-20-12-15(32(3,4)5)8-10-19(20)27-23-25-14-17(24)22(28-23)26-18-11-9-16(33(6,7)29)13-21(18)31-2/h8-14H,3H2,1-2,4-7H3,(H2,25,26,27,28). The zero-order chi connectivity index (χ0) is 24.4. The van der Waals surface area contributed by atoms with Crippen molar-refractivity contribution in [3.8, 4) is 11.5 Å². The summed E-state index contributed by atoms with van der Waals surface area (Å²) in [6.07, 6.45) is 5.80. The van der Waals surface area contributed by atoms with Crippen molar-refractivity contribution in [1.82, 2.24) is 9.97 Å². The molecule has 0 radical (unpaired) electrons. The lowest BCUT2D eigenvalue weighted by molar-refractivity contribution is 0.417. The van der Waals surface area contributed by atoms with Crippen LogP contribution in [-0.4, -0.2) is 57.1 Å². The molecule has 7 nitrogen and oxygen atoms in total. The quantitative estimate of drug-likeness (QED) is 0.405. The number of benzene rings is 2. The van der Waals surface area contributed by atoms with Gasteiger partial charge < -0.3 is 24.7 Å². The Kier molecular flexibility index (Phi) is 7.48. The highest BCUT2D eigenvalue weighted by Crippen LogP contribution is 2.39. The van der Waals surface area contributed by atoms with E-state index in [0.717, 1.165) is 16.3 Å². The third-order valence-electron chi connectivity index (χ3n) is 4.93. The minimum atomic E-state index is -2.42. The molecule has 2 N–H and O–H groups in total. The van der Waals surface area contributed by atoms with Gasteiger partial charge in [-0.15, -0.1) is 0 Å². The predicted octanol–water partition coefficient (Wildman–Crippen LogP) is 5.22. The Morgan fingerprint density at radius 2 is 1.45 bits per heavy atom. The van der Waals surface area contributed by atoms with E-state index in [2.05, 4.69) is 40.2 Å². The molecule has 0 saturated heterocycles. The molecular weight excluding hydrogens is 478 g/mol. The van der Waals surface area contributed by atoms with Crippen LogP contribution in [0.2, 0.25) is 5.02 Å². The normalized spacial score (nSPS) is 11.7. The van der Waals surface area contributed by atoms with E-state index in [9.17, 15) is 4.57 Å². The fourth-order valence-corrected chi connectivity index (χ4v) is 4.99. The second kappa shape index (κ2) is 9.80. The van der Waals surface area contributed by atoms with E-state index in [-0.39, 0.29) is 0 Å². The Labute approximate surface area is 200 Å². The number of anilines is 4. The van der Waals surface area contributed by atoms with Gasteiger partial charge in [-0.3, -0.25) is 0 Å². The molecule has 0 saturated carbocycles. The molecule has 0 fully saturated rings. The van der Waals surface area contributed by atoms with Crippen molar-refractivity contribution in [2.24, 2.45) is 0 Å². The number of nitrogens with one attached hydrogen (secondary N) is 2. The molecule has 176 valence electrons. The maximum Gasteiger partial charge on any atom is 0.229 e. The first-order valence-corrected chi connectivity index (χ1v) is 15.9. The maximum atomic E-state index is 12.4. The van der Waals surface area contributed by atoms with Crippen molar-refractivity contribution >= 4 is 65.7 Å². The third-order valence-corrected chi connectivity index (χ3v) is 8.41. The minimum absolute atomic E-state index is 0.342. The van der Waals surface area contributed by atoms with Crippen LogP contribution < -0.4 is 30.7 Å². The summed E-state index contributed by atoms with van der Waals surface area (Å²) < 4.78 is 23.5. The van der Waals surface area contributed by atoms with E-state index >= 15 is 0 Å². The van der Waals surface area contributed by atoms with E-state index in [4.69, 9.17) is 21.1 Å². The number of halogens is 1. The van der Waals surface area contributed by atoms with Gasteiger partial charge in [-0.1, -0.05) is 30.9 Å². The smallest absolute Gasteiger partial charge is 0.229 e. The van der Waals surface area contributed by atoms with Crippen LogP contribution in [0, 0.1) is 0 Å². The van der Waals surface area contributed by atoms with Crippen LogP contribution in [0.4, 0.5) is 23.1 Å². The van der Waals surface area contributed by atoms with Crippen molar-refractivity contribution in [3.05, 3.63) is 47.6 Å². The Hall–Kier alpha value is -2.46. The summed E-state index contributed by atoms with van der Waals surface area (Å²) >= 11 is 6.35. The number of aromatic nitrogens is 2. The summed E-state index contributed by atoms with van der Waals surface area (Å²) in [4.78, 5) is 8.81. The minimum Gasteiger partial charge on any atom is -0.495 e. The molecule has 33 heavy (non-hydrogen) atoms. The van der Waals surface area contributed by atoms with Gasteiger partial charge in [0.15, 0.2) is 5.82 Å². The molecule has 1 aromatic heterocycles. The lowest BCUT2D eigenvalue weighted by atomic mass is 10.3. The van der Waals surface area contributed by atoms with E-state index in [1.54, 1.807) is 45.7 Å². The molecule has 3 rings (SSSR count). The summed E-state index contributed by atoms with van der Waals surface area (Å²) in [5.74, 6) is 1.96. The van der Waals surface area contributed by atoms with Gasteiger partial charge in [-0.2, -0.15) is 4.98 Å². The number of methoxy groups -OCH3 is 2. The first-order valence-electron chi connectivity index (χ1n) is 10.1. The molecule has 0 atom stereocenters. The Morgan fingerprint density at radius 3 is 2.00 bits per heavy atom. The topological polar surface area (TPSA) is 85.4 Å². The first kappa shape index (κ1) is 25.2. The summed E-state index contributed by atoms with van der Waals surface area (Å²) in [6, 6.07) is 11.3. The van der Waals surface area contributed by atoms with Crippen LogP contribution in [0.1, 0.15) is 0 Å². The Morgan fingerprint density at radius 1 is 0.909 bits per heavy atom. The average Bonchev–Trinajstić information content (AvgIpc) is 2.75. The number of hydrogen-bond acceptors (Lipinski definition) is 7. The highest BCUT2D eigenvalue weighted by molar-refractivity contribution is 7.79. The van der Waals surface area contributed by atoms with Crippen LogP contribution in [-0.2, 0) is 4.57 Å². The number of hydrogen-bond donors (Lipinski definition) is 2. The van der Waals surface area contributed by atoms with Crippen LogP contribution >= 0.6 is 25.6 Å². The second-order valence-electron chi connectivity index (χ2n) is 8.45. The fourth-order valence-electron chi connectivity index (χ4n) is 3.04. The largest absolute Gasteiger partial charge is 0.495 e. The van der Waals surface area contributed by atoms with Crippen molar-refractivity contribution in [2.75, 3.05) is 51.5 Å². The third kappa shape index (κ3) is 6.11. The van der Waals surface area contributed by atoms with Gasteiger partial charge in [-0.25, -0.2) is 4.98 Å². The Balaban J connectivity index is 1.91. The van der Waals surface area contributed by atoms with Crippen molar-refractivity contribution in [3.63, 3.8) is 0 Å². The first-order chi connectivity index (χ1) is 15.4. The highest BCUT2D eigenvalue weighted by Gasteiger charge is 2.16. The zero-order valence-corrected chi connectivity index (χ0v) is 22.2. The molecule has 0 aliphatic heterocycles. The van der Waals surface area contributed by atoms with Crippen LogP contribution in [0.25, 0.3) is 0 Å². The molecule has 0 aliphatic rings. The second-order valence-corrected chi connectivity index (χ2v) is 16.0. The van der Waals surface area contributed by atoms with E-state index < -0.39 is 14.0 Å². The van der Waals surface area contributed by atoms with Crippen LogP contribution in [0.15, 0.2) is 42.6 Å². The fraction of sp³-hybridized carbons (Fsp3) is 0.261. The predicted molar refractivity (Wildman–Crippen MR) is 144 cm³/mol. The van der Waals surface area contributed by atoms with Gasteiger partial charge in [0.2, 0.25) is 5.95 Å². The molecule has 0 bridgehead atoms. The lowest BCUT2D eigenvalue weighted by Crippen LogP contribution is -2.08. The lowest BCUT2D eigenvalue weighted by Gasteiger charge is -2.17. The van der Waals surface area contributed by atoms with Crippen molar-refractivity contribution in [1.29, 1.82) is 0 Å². The van der Waals surface area contributed by atoms with Crippen LogP contribution in [0.3, 0.4) is 0 Å². The molecule has 0 spiro atoms. The van der Waals surface area contributed by atoms with E-state index in [1.165, 1.54) is 6.20 Å². The molecule has 0 aliphatic carbocycles. The van der Waals surface area contributed by atoms with Crippen molar-refractivity contribution in [2.45, 2.75) is 0 Å². The van der Waals surface area contributed by atoms with E-state index in [0.29, 0.717) is 34.0 Å². The molecule has 10 heteroatoms. The molecular formula is C23H29ClN4O3P2. The summed E-state index contributed by atoms with van der Waals surface area (Å²) in [5, 5.41) is 8.60. The average molecular weight is 507 g/mol. The van der Waals surface area contributed by atoms with Gasteiger partial charge in [-0.05, 0) is 62.3 Å². The zero-order valence-electron chi connectivity index (χ0n) is 19.6. The number of ether oxygens (including phenoxy) is 2. The van der Waals surface area contributed by atoms with E-state index in [1.807, 2.05) is 18.2 Å². The molecule has 2 aromatic carbocycles. The maximum absolute atomic E-state index is 12.4. The van der Waals surface area contributed by atoms with Gasteiger partial charge in [0.05, 0.1) is 31.8 Å². The number of rotatable bonds is 8. The van der Waals surface area contributed by atoms with Gasteiger partial charge in [0.1, 0.15) is 23.7 Å². The Bertz CT molecular complexity index is 1270. The molecule has 1 heterocycles. The van der Waals surface area contributed by atoms with Crippen LogP contribution in [0.5, 0.6) is 11.5 Å². The molecule has 0 amide bonds. The summed E-state index contributed by atoms with van der Waals surface area (Å²) in [7, 11) is 0.755. The monoisotopic (exact) mass is 506 g/mol. The van der Waals surface area contributed by atoms with Crippen molar-refractivity contribution < 1.29 is 14.0 Å². The van der Waals surface area contributed by atoms with Gasteiger partial charge >= 0.3 is 0 Å². The molecule has 0 unspecified atom stereocenters. The summed E-state index contributed by atoms with van der Waals surface area (Å²) in [5.41, 5.74) is 1.37. The summed E-state index contributed by atoms with van der Waals surface area (Å²) in [6.45, 7) is 6.30. The van der Waals surface area contributed by atoms with Gasteiger partial charge in [0, 0.05) is 5.30 Å². The number of nitrogens with zero attached hydrogens (tertiary/aromatic N) is 2. The SMILES string of the molecule is C=P(C)(C)c1ccc(Nc2ncc(Cl)c(Nc3ccc(P(C)(C)=O)cc3OC)n2)c(OC)c1. The molecule has 3 aromatic rings.